The maximum absolute atomic E-state index is 12.9. The molecule has 1 nitrogen and oxygen atoms in total. The summed E-state index contributed by atoms with van der Waals surface area (Å²) in [6.07, 6.45) is -4.38. The van der Waals surface area contributed by atoms with Crippen molar-refractivity contribution in [2.24, 2.45) is 5.73 Å². The zero-order valence-electron chi connectivity index (χ0n) is 9.66. The molecule has 0 bridgehead atoms. The van der Waals surface area contributed by atoms with Crippen LogP contribution in [-0.2, 0) is 6.18 Å². The van der Waals surface area contributed by atoms with E-state index in [4.69, 9.17) is 5.73 Å². The molecule has 5 heteroatoms. The molecule has 0 aliphatic heterocycles. The van der Waals surface area contributed by atoms with Gasteiger partial charge in [0.05, 0.1) is 11.6 Å². The summed E-state index contributed by atoms with van der Waals surface area (Å²) in [7, 11) is 0. The third-order valence-corrected chi connectivity index (χ3v) is 3.71. The summed E-state index contributed by atoms with van der Waals surface area (Å²) in [6, 6.07) is 4.71. The molecule has 2 rings (SSSR count). The molecule has 0 saturated heterocycles. The van der Waals surface area contributed by atoms with Crippen LogP contribution in [0.25, 0.3) is 0 Å². The molecular weight excluding hydrogens is 259 g/mol. The van der Waals surface area contributed by atoms with Crippen molar-refractivity contribution >= 4 is 11.3 Å². The van der Waals surface area contributed by atoms with Crippen LogP contribution in [0.15, 0.2) is 35.0 Å². The van der Waals surface area contributed by atoms with E-state index in [-0.39, 0.29) is 5.56 Å². The number of hydrogen-bond acceptors (Lipinski definition) is 2. The lowest BCUT2D eigenvalue weighted by Crippen LogP contribution is -2.18. The molecule has 1 aromatic carbocycles. The highest BCUT2D eigenvalue weighted by atomic mass is 32.1. The predicted octanol–water partition coefficient (Wildman–Crippen LogP) is 4.12. The van der Waals surface area contributed by atoms with Gasteiger partial charge in [0.15, 0.2) is 0 Å². The SMILES string of the molecule is Cc1cscc1C(N)c1ccccc1C(F)(F)F. The second kappa shape index (κ2) is 4.74. The van der Waals surface area contributed by atoms with E-state index in [2.05, 4.69) is 0 Å². The summed E-state index contributed by atoms with van der Waals surface area (Å²) in [5.74, 6) is 0. The third kappa shape index (κ3) is 2.42. The second-order valence-electron chi connectivity index (χ2n) is 4.07. The zero-order valence-corrected chi connectivity index (χ0v) is 10.5. The minimum atomic E-state index is -4.38. The van der Waals surface area contributed by atoms with E-state index in [0.29, 0.717) is 0 Å². The minimum Gasteiger partial charge on any atom is -0.320 e. The molecule has 1 aromatic heterocycles. The molecule has 2 N–H and O–H groups in total. The van der Waals surface area contributed by atoms with Crippen LogP contribution in [0, 0.1) is 6.92 Å². The Hall–Kier alpha value is -1.33. The van der Waals surface area contributed by atoms with Gasteiger partial charge in [0.1, 0.15) is 0 Å². The van der Waals surface area contributed by atoms with Crippen molar-refractivity contribution in [3.63, 3.8) is 0 Å². The number of thiophene rings is 1. The van der Waals surface area contributed by atoms with Crippen LogP contribution < -0.4 is 5.73 Å². The molecule has 18 heavy (non-hydrogen) atoms. The number of hydrogen-bond donors (Lipinski definition) is 1. The van der Waals surface area contributed by atoms with E-state index in [1.807, 2.05) is 12.3 Å². The lowest BCUT2D eigenvalue weighted by Gasteiger charge is -2.18. The largest absolute Gasteiger partial charge is 0.416 e. The predicted molar refractivity (Wildman–Crippen MR) is 66.5 cm³/mol. The first-order valence-corrected chi connectivity index (χ1v) is 6.30. The summed E-state index contributed by atoms with van der Waals surface area (Å²) in [5, 5.41) is 3.68. The Labute approximate surface area is 107 Å². The van der Waals surface area contributed by atoms with Crippen LogP contribution in [0.2, 0.25) is 0 Å². The molecule has 0 saturated carbocycles. The second-order valence-corrected chi connectivity index (χ2v) is 4.82. The normalized spacial score (nSPS) is 13.6. The van der Waals surface area contributed by atoms with Crippen LogP contribution in [-0.4, -0.2) is 0 Å². The Morgan fingerprint density at radius 3 is 2.33 bits per heavy atom. The molecule has 1 atom stereocenters. The van der Waals surface area contributed by atoms with Crippen LogP contribution >= 0.6 is 11.3 Å². The lowest BCUT2D eigenvalue weighted by atomic mass is 9.95. The smallest absolute Gasteiger partial charge is 0.320 e. The van der Waals surface area contributed by atoms with E-state index >= 15 is 0 Å². The van der Waals surface area contributed by atoms with Crippen molar-refractivity contribution in [3.8, 4) is 0 Å². The molecule has 0 aliphatic carbocycles. The molecule has 1 heterocycles. The molecule has 0 amide bonds. The first-order valence-electron chi connectivity index (χ1n) is 5.35. The standard InChI is InChI=1S/C13H12F3NS/c1-8-6-18-7-10(8)12(17)9-4-2-3-5-11(9)13(14,15)16/h2-7,12H,17H2,1H3. The summed E-state index contributed by atoms with van der Waals surface area (Å²) in [5.41, 5.74) is 7.09. The van der Waals surface area contributed by atoms with Gasteiger partial charge in [-0.3, -0.25) is 0 Å². The molecular formula is C13H12F3NS. The van der Waals surface area contributed by atoms with Gasteiger partial charge in [0, 0.05) is 0 Å². The topological polar surface area (TPSA) is 26.0 Å². The number of rotatable bonds is 2. The van der Waals surface area contributed by atoms with Crippen molar-refractivity contribution < 1.29 is 13.2 Å². The quantitative estimate of drug-likeness (QED) is 0.873. The highest BCUT2D eigenvalue weighted by molar-refractivity contribution is 7.08. The van der Waals surface area contributed by atoms with Gasteiger partial charge in [0.25, 0.3) is 0 Å². The average molecular weight is 271 g/mol. The first kappa shape index (κ1) is 13.1. The van der Waals surface area contributed by atoms with Crippen LogP contribution in [0.4, 0.5) is 13.2 Å². The molecule has 2 aromatic rings. The first-order chi connectivity index (χ1) is 8.41. The van der Waals surface area contributed by atoms with Gasteiger partial charge in [-0.1, -0.05) is 18.2 Å². The van der Waals surface area contributed by atoms with Crippen LogP contribution in [0.3, 0.4) is 0 Å². The Morgan fingerprint density at radius 1 is 1.11 bits per heavy atom. The molecule has 0 spiro atoms. The summed E-state index contributed by atoms with van der Waals surface area (Å²) >= 11 is 1.44. The molecule has 0 radical (unpaired) electrons. The van der Waals surface area contributed by atoms with E-state index in [1.54, 1.807) is 11.4 Å². The number of halogens is 3. The Kier molecular flexibility index (Phi) is 3.45. The fourth-order valence-electron chi connectivity index (χ4n) is 1.88. The zero-order chi connectivity index (χ0) is 13.3. The highest BCUT2D eigenvalue weighted by Gasteiger charge is 2.34. The summed E-state index contributed by atoms with van der Waals surface area (Å²) in [4.78, 5) is 0. The molecule has 1 unspecified atom stereocenters. The minimum absolute atomic E-state index is 0.117. The monoisotopic (exact) mass is 271 g/mol. The Balaban J connectivity index is 2.49. The summed E-state index contributed by atoms with van der Waals surface area (Å²) in [6.45, 7) is 1.85. The van der Waals surface area contributed by atoms with Gasteiger partial charge < -0.3 is 5.73 Å². The van der Waals surface area contributed by atoms with E-state index in [0.717, 1.165) is 17.2 Å². The van der Waals surface area contributed by atoms with Crippen LogP contribution in [0.1, 0.15) is 28.3 Å². The Morgan fingerprint density at radius 2 is 1.78 bits per heavy atom. The fourth-order valence-corrected chi connectivity index (χ4v) is 2.77. The van der Waals surface area contributed by atoms with Crippen LogP contribution in [0.5, 0.6) is 0 Å². The van der Waals surface area contributed by atoms with Crippen molar-refractivity contribution in [1.29, 1.82) is 0 Å². The van der Waals surface area contributed by atoms with E-state index < -0.39 is 17.8 Å². The van der Waals surface area contributed by atoms with E-state index in [1.165, 1.54) is 23.5 Å². The number of nitrogens with two attached hydrogens (primary N) is 1. The third-order valence-electron chi connectivity index (χ3n) is 2.83. The maximum Gasteiger partial charge on any atom is 0.416 e. The van der Waals surface area contributed by atoms with Gasteiger partial charge in [-0.2, -0.15) is 24.5 Å². The lowest BCUT2D eigenvalue weighted by molar-refractivity contribution is -0.138. The van der Waals surface area contributed by atoms with E-state index in [9.17, 15) is 13.2 Å². The average Bonchev–Trinajstić information content (AvgIpc) is 2.73. The molecule has 96 valence electrons. The highest BCUT2D eigenvalue weighted by Crippen LogP contribution is 2.36. The van der Waals surface area contributed by atoms with Gasteiger partial charge in [-0.15, -0.1) is 0 Å². The fraction of sp³-hybridized carbons (Fsp3) is 0.231. The van der Waals surface area contributed by atoms with Gasteiger partial charge >= 0.3 is 6.18 Å². The van der Waals surface area contributed by atoms with Crippen molar-refractivity contribution in [1.82, 2.24) is 0 Å². The molecule has 0 aliphatic rings. The van der Waals surface area contributed by atoms with Crippen molar-refractivity contribution in [3.05, 3.63) is 57.3 Å². The van der Waals surface area contributed by atoms with Crippen molar-refractivity contribution in [2.45, 2.75) is 19.1 Å². The number of aryl methyl sites for hydroxylation is 1. The maximum atomic E-state index is 12.9. The van der Waals surface area contributed by atoms with Gasteiger partial charge in [0.2, 0.25) is 0 Å². The Bertz CT molecular complexity index is 545. The van der Waals surface area contributed by atoms with Gasteiger partial charge in [-0.05, 0) is 40.4 Å². The summed E-state index contributed by atoms with van der Waals surface area (Å²) < 4.78 is 38.7. The van der Waals surface area contributed by atoms with Crippen molar-refractivity contribution in [2.75, 3.05) is 0 Å². The van der Waals surface area contributed by atoms with Gasteiger partial charge in [-0.25, -0.2) is 0 Å². The molecule has 0 fully saturated rings. The number of alkyl halides is 3. The number of benzene rings is 1.